The number of sulfone groups is 1. The van der Waals surface area contributed by atoms with Gasteiger partial charge < -0.3 is 15.4 Å². The Kier molecular flexibility index (Phi) is 4.80. The zero-order valence-corrected chi connectivity index (χ0v) is 14.6. The maximum absolute atomic E-state index is 12.8. The highest BCUT2D eigenvalue weighted by Crippen LogP contribution is 2.27. The number of anilines is 1. The highest BCUT2D eigenvalue weighted by atomic mass is 32.2. The zero-order chi connectivity index (χ0) is 18.7. The summed E-state index contributed by atoms with van der Waals surface area (Å²) in [4.78, 5) is -0.340. The van der Waals surface area contributed by atoms with Gasteiger partial charge in [0.05, 0.1) is 11.5 Å². The third-order valence-electron chi connectivity index (χ3n) is 4.04. The maximum atomic E-state index is 12.8. The largest absolute Gasteiger partial charge is 0.399 e. The number of fused-ring (bicyclic) bond motifs is 1. The number of nitrogen functional groups attached to an aromatic ring is 1. The molecule has 3 rings (SSSR count). The summed E-state index contributed by atoms with van der Waals surface area (Å²) >= 11 is 0. The number of nitrogens with zero attached hydrogens (tertiary/aromatic N) is 2. The maximum Gasteiger partial charge on any atom is 0.216 e. The minimum atomic E-state index is -3.95. The lowest BCUT2D eigenvalue weighted by Crippen LogP contribution is -2.03. The van der Waals surface area contributed by atoms with Crippen molar-refractivity contribution in [1.82, 2.24) is 4.57 Å². The predicted molar refractivity (Wildman–Crippen MR) is 101 cm³/mol. The Labute approximate surface area is 151 Å². The number of nitriles is 1. The number of para-hydroxylation sites is 1. The van der Waals surface area contributed by atoms with Gasteiger partial charge in [-0.1, -0.05) is 18.2 Å². The number of benzene rings is 2. The van der Waals surface area contributed by atoms with Crippen LogP contribution in [0.2, 0.25) is 0 Å². The SMILES string of the molecule is N#C/C(=C\c1cn(CCO)c2ccccc12)S(=O)(=O)c1ccc(N)cc1. The Bertz CT molecular complexity index is 1120. The summed E-state index contributed by atoms with van der Waals surface area (Å²) < 4.78 is 27.4. The van der Waals surface area contributed by atoms with Crippen LogP contribution in [-0.2, 0) is 16.4 Å². The number of aromatic nitrogens is 1. The standard InChI is InChI=1S/C19H17N3O3S/c20-12-17(26(24,25)16-7-5-15(21)6-8-16)11-14-13-22(9-10-23)19-4-2-1-3-18(14)19/h1-8,11,13,23H,9-10,21H2/b17-11+. The smallest absolute Gasteiger partial charge is 0.216 e. The first-order valence-electron chi connectivity index (χ1n) is 7.88. The molecule has 0 saturated carbocycles. The number of aliphatic hydroxyl groups excluding tert-OH is 1. The molecule has 0 unspecified atom stereocenters. The van der Waals surface area contributed by atoms with Gasteiger partial charge in [-0.15, -0.1) is 0 Å². The Balaban J connectivity index is 2.14. The fraction of sp³-hybridized carbons (Fsp3) is 0.105. The van der Waals surface area contributed by atoms with E-state index < -0.39 is 9.84 Å². The first kappa shape index (κ1) is 17.7. The fourth-order valence-corrected chi connectivity index (χ4v) is 3.92. The van der Waals surface area contributed by atoms with Crippen LogP contribution < -0.4 is 5.73 Å². The summed E-state index contributed by atoms with van der Waals surface area (Å²) in [5.41, 5.74) is 7.50. The summed E-state index contributed by atoms with van der Waals surface area (Å²) in [6, 6.07) is 14.9. The van der Waals surface area contributed by atoms with Gasteiger partial charge in [-0.2, -0.15) is 5.26 Å². The van der Waals surface area contributed by atoms with E-state index in [0.717, 1.165) is 10.9 Å². The number of hydrogen-bond acceptors (Lipinski definition) is 5. The zero-order valence-electron chi connectivity index (χ0n) is 13.8. The molecule has 2 aromatic carbocycles. The van der Waals surface area contributed by atoms with Crippen molar-refractivity contribution < 1.29 is 13.5 Å². The molecule has 0 saturated heterocycles. The molecule has 26 heavy (non-hydrogen) atoms. The molecule has 3 aromatic rings. The van der Waals surface area contributed by atoms with E-state index in [9.17, 15) is 18.8 Å². The van der Waals surface area contributed by atoms with Crippen molar-refractivity contribution >= 4 is 32.5 Å². The molecule has 0 atom stereocenters. The Morgan fingerprint density at radius 2 is 1.88 bits per heavy atom. The lowest BCUT2D eigenvalue weighted by molar-refractivity contribution is 0.278. The Morgan fingerprint density at radius 3 is 2.54 bits per heavy atom. The predicted octanol–water partition coefficient (Wildman–Crippen LogP) is 2.55. The first-order valence-corrected chi connectivity index (χ1v) is 9.37. The van der Waals surface area contributed by atoms with Gasteiger partial charge >= 0.3 is 0 Å². The van der Waals surface area contributed by atoms with Crippen LogP contribution in [0.5, 0.6) is 0 Å². The van der Waals surface area contributed by atoms with Crippen LogP contribution >= 0.6 is 0 Å². The van der Waals surface area contributed by atoms with Gasteiger partial charge in [-0.05, 0) is 36.4 Å². The molecule has 1 heterocycles. The number of hydrogen-bond donors (Lipinski definition) is 2. The van der Waals surface area contributed by atoms with Gasteiger partial charge in [-0.25, -0.2) is 8.42 Å². The molecule has 6 nitrogen and oxygen atoms in total. The minimum Gasteiger partial charge on any atom is -0.399 e. The van der Waals surface area contributed by atoms with Crippen LogP contribution in [0, 0.1) is 11.3 Å². The van der Waals surface area contributed by atoms with Gasteiger partial charge in [0.25, 0.3) is 0 Å². The Morgan fingerprint density at radius 1 is 1.19 bits per heavy atom. The summed E-state index contributed by atoms with van der Waals surface area (Å²) in [6.45, 7) is 0.331. The summed E-state index contributed by atoms with van der Waals surface area (Å²) in [6.07, 6.45) is 3.10. The number of allylic oxidation sites excluding steroid dienone is 1. The van der Waals surface area contributed by atoms with Crippen LogP contribution in [0.3, 0.4) is 0 Å². The molecule has 0 bridgehead atoms. The molecular weight excluding hydrogens is 350 g/mol. The monoisotopic (exact) mass is 367 g/mol. The molecule has 7 heteroatoms. The van der Waals surface area contributed by atoms with E-state index in [1.54, 1.807) is 12.3 Å². The van der Waals surface area contributed by atoms with Crippen molar-refractivity contribution in [2.45, 2.75) is 11.4 Å². The number of nitrogens with two attached hydrogens (primary N) is 1. The molecule has 0 spiro atoms. The van der Waals surface area contributed by atoms with Gasteiger partial charge in [0.2, 0.25) is 9.84 Å². The Hall–Kier alpha value is -3.08. The van der Waals surface area contributed by atoms with Crippen LogP contribution in [0.25, 0.3) is 17.0 Å². The summed E-state index contributed by atoms with van der Waals surface area (Å²) in [5, 5.41) is 19.5. The molecule has 0 fully saturated rings. The molecule has 0 aliphatic carbocycles. The molecule has 3 N–H and O–H groups in total. The molecule has 0 aliphatic rings. The normalized spacial score (nSPS) is 12.2. The van der Waals surface area contributed by atoms with Gasteiger partial charge in [0, 0.05) is 34.9 Å². The van der Waals surface area contributed by atoms with Crippen molar-refractivity contribution in [2.24, 2.45) is 0 Å². The number of rotatable bonds is 5. The van der Waals surface area contributed by atoms with E-state index in [1.807, 2.05) is 28.8 Å². The lowest BCUT2D eigenvalue weighted by atomic mass is 10.1. The van der Waals surface area contributed by atoms with Crippen molar-refractivity contribution in [2.75, 3.05) is 12.3 Å². The average Bonchev–Trinajstić information content (AvgIpc) is 2.98. The second-order valence-electron chi connectivity index (χ2n) is 5.71. The van der Waals surface area contributed by atoms with Gasteiger partial charge in [-0.3, -0.25) is 0 Å². The minimum absolute atomic E-state index is 0.0126. The summed E-state index contributed by atoms with van der Waals surface area (Å²) in [5.74, 6) is 0. The van der Waals surface area contributed by atoms with E-state index in [2.05, 4.69) is 0 Å². The van der Waals surface area contributed by atoms with Crippen LogP contribution in [0.1, 0.15) is 5.56 Å². The molecular formula is C19H17N3O3S. The van der Waals surface area contributed by atoms with E-state index in [-0.39, 0.29) is 16.4 Å². The fourth-order valence-electron chi connectivity index (χ4n) is 2.77. The third kappa shape index (κ3) is 3.20. The van der Waals surface area contributed by atoms with Crippen molar-refractivity contribution in [3.8, 4) is 6.07 Å². The average molecular weight is 367 g/mol. The molecule has 1 aromatic heterocycles. The molecule has 0 amide bonds. The third-order valence-corrected chi connectivity index (χ3v) is 5.72. The summed E-state index contributed by atoms with van der Waals surface area (Å²) in [7, 11) is -3.95. The van der Waals surface area contributed by atoms with E-state index in [4.69, 9.17) is 5.73 Å². The second kappa shape index (κ2) is 7.04. The van der Waals surface area contributed by atoms with Crippen LogP contribution in [-0.4, -0.2) is 24.7 Å². The highest BCUT2D eigenvalue weighted by Gasteiger charge is 2.21. The molecule has 0 aliphatic heterocycles. The molecule has 0 radical (unpaired) electrons. The number of aliphatic hydroxyl groups is 1. The topological polar surface area (TPSA) is 109 Å². The van der Waals surface area contributed by atoms with E-state index in [0.29, 0.717) is 17.8 Å². The van der Waals surface area contributed by atoms with E-state index in [1.165, 1.54) is 30.3 Å². The molecule has 132 valence electrons. The first-order chi connectivity index (χ1) is 12.5. The van der Waals surface area contributed by atoms with E-state index >= 15 is 0 Å². The lowest BCUT2D eigenvalue weighted by Gasteiger charge is -2.03. The highest BCUT2D eigenvalue weighted by molar-refractivity contribution is 7.95. The van der Waals surface area contributed by atoms with Gasteiger partial charge in [0.1, 0.15) is 11.0 Å². The van der Waals surface area contributed by atoms with Gasteiger partial charge in [0.15, 0.2) is 0 Å². The van der Waals surface area contributed by atoms with Crippen molar-refractivity contribution in [3.63, 3.8) is 0 Å². The second-order valence-corrected chi connectivity index (χ2v) is 7.63. The quantitative estimate of drug-likeness (QED) is 0.532. The van der Waals surface area contributed by atoms with Crippen molar-refractivity contribution in [1.29, 1.82) is 5.26 Å². The van der Waals surface area contributed by atoms with Crippen molar-refractivity contribution in [3.05, 3.63) is 65.2 Å². The van der Waals surface area contributed by atoms with Crippen LogP contribution in [0.4, 0.5) is 5.69 Å². The van der Waals surface area contributed by atoms with Crippen LogP contribution in [0.15, 0.2) is 64.5 Å².